The van der Waals surface area contributed by atoms with Crippen molar-refractivity contribution in [3.05, 3.63) is 23.8 Å². The molecule has 0 atom stereocenters. The SMILES string of the molecule is COc1ccc(C(=O)N2CCC(CCl)CC2)c(O)c1. The first-order valence-electron chi connectivity index (χ1n) is 6.38. The van der Waals surface area contributed by atoms with Crippen LogP contribution in [0.4, 0.5) is 0 Å². The molecule has 2 rings (SSSR count). The molecular weight excluding hydrogens is 266 g/mol. The summed E-state index contributed by atoms with van der Waals surface area (Å²) >= 11 is 5.83. The number of benzene rings is 1. The number of carbonyl (C=O) groups excluding carboxylic acids is 1. The predicted molar refractivity (Wildman–Crippen MR) is 74.0 cm³/mol. The zero-order valence-electron chi connectivity index (χ0n) is 10.9. The first-order valence-corrected chi connectivity index (χ1v) is 6.91. The fourth-order valence-electron chi connectivity index (χ4n) is 2.28. The quantitative estimate of drug-likeness (QED) is 0.867. The van der Waals surface area contributed by atoms with Crippen LogP contribution >= 0.6 is 11.6 Å². The largest absolute Gasteiger partial charge is 0.507 e. The number of phenols is 1. The van der Waals surface area contributed by atoms with Crippen LogP contribution in [0.3, 0.4) is 0 Å². The standard InChI is InChI=1S/C14H18ClNO3/c1-19-11-2-3-12(13(17)8-11)14(18)16-6-4-10(9-15)5-7-16/h2-3,8,10,17H,4-7,9H2,1H3. The molecule has 1 amide bonds. The maximum atomic E-state index is 12.3. The molecular formula is C14H18ClNO3. The van der Waals surface area contributed by atoms with Crippen LogP contribution < -0.4 is 4.74 Å². The zero-order chi connectivity index (χ0) is 13.8. The number of halogens is 1. The maximum Gasteiger partial charge on any atom is 0.257 e. The molecule has 1 aliphatic heterocycles. The number of alkyl halides is 1. The van der Waals surface area contributed by atoms with Gasteiger partial charge in [-0.1, -0.05) is 0 Å². The number of likely N-dealkylation sites (tertiary alicyclic amines) is 1. The lowest BCUT2D eigenvalue weighted by Crippen LogP contribution is -2.38. The van der Waals surface area contributed by atoms with Gasteiger partial charge in [-0.2, -0.15) is 0 Å². The van der Waals surface area contributed by atoms with Crippen LogP contribution in [0.15, 0.2) is 18.2 Å². The average molecular weight is 284 g/mol. The molecule has 104 valence electrons. The summed E-state index contributed by atoms with van der Waals surface area (Å²) < 4.78 is 5.00. The highest BCUT2D eigenvalue weighted by Crippen LogP contribution is 2.26. The topological polar surface area (TPSA) is 49.8 Å². The molecule has 0 spiro atoms. The van der Waals surface area contributed by atoms with E-state index < -0.39 is 0 Å². The number of nitrogens with zero attached hydrogens (tertiary/aromatic N) is 1. The van der Waals surface area contributed by atoms with Crippen LogP contribution in [-0.2, 0) is 0 Å². The zero-order valence-corrected chi connectivity index (χ0v) is 11.7. The molecule has 1 heterocycles. The molecule has 0 bridgehead atoms. The van der Waals surface area contributed by atoms with Gasteiger partial charge in [0.2, 0.25) is 0 Å². The minimum absolute atomic E-state index is 0.0381. The Morgan fingerprint density at radius 3 is 2.68 bits per heavy atom. The minimum atomic E-state index is -0.131. The average Bonchev–Trinajstić information content (AvgIpc) is 2.46. The lowest BCUT2D eigenvalue weighted by Gasteiger charge is -2.31. The van der Waals surface area contributed by atoms with Crippen molar-refractivity contribution >= 4 is 17.5 Å². The van der Waals surface area contributed by atoms with E-state index in [2.05, 4.69) is 0 Å². The van der Waals surface area contributed by atoms with Crippen molar-refractivity contribution in [2.24, 2.45) is 5.92 Å². The van der Waals surface area contributed by atoms with Gasteiger partial charge in [-0.05, 0) is 30.9 Å². The van der Waals surface area contributed by atoms with Gasteiger partial charge in [-0.25, -0.2) is 0 Å². The number of amides is 1. The Labute approximate surface area is 117 Å². The van der Waals surface area contributed by atoms with E-state index in [1.54, 1.807) is 17.0 Å². The van der Waals surface area contributed by atoms with Crippen molar-refractivity contribution in [1.29, 1.82) is 0 Å². The molecule has 1 saturated heterocycles. The summed E-state index contributed by atoms with van der Waals surface area (Å²) in [6.07, 6.45) is 1.85. The lowest BCUT2D eigenvalue weighted by molar-refractivity contribution is 0.0695. The summed E-state index contributed by atoms with van der Waals surface area (Å²) in [4.78, 5) is 14.1. The number of phenolic OH excluding ortho intramolecular Hbond substituents is 1. The van der Waals surface area contributed by atoms with Crippen molar-refractivity contribution in [2.45, 2.75) is 12.8 Å². The Morgan fingerprint density at radius 2 is 2.16 bits per heavy atom. The monoisotopic (exact) mass is 283 g/mol. The predicted octanol–water partition coefficient (Wildman–Crippen LogP) is 2.49. The fraction of sp³-hybridized carbons (Fsp3) is 0.500. The Balaban J connectivity index is 2.08. The Bertz CT molecular complexity index is 456. The van der Waals surface area contributed by atoms with Crippen molar-refractivity contribution in [2.75, 3.05) is 26.1 Å². The second kappa shape index (κ2) is 6.15. The summed E-state index contributed by atoms with van der Waals surface area (Å²) in [5, 5.41) is 9.87. The summed E-state index contributed by atoms with van der Waals surface area (Å²) in [5.41, 5.74) is 0.324. The second-order valence-electron chi connectivity index (χ2n) is 4.77. The molecule has 0 unspecified atom stereocenters. The van der Waals surface area contributed by atoms with Gasteiger partial charge in [0.05, 0.1) is 12.7 Å². The van der Waals surface area contributed by atoms with Crippen molar-refractivity contribution < 1.29 is 14.6 Å². The van der Waals surface area contributed by atoms with E-state index in [0.29, 0.717) is 36.2 Å². The van der Waals surface area contributed by atoms with Gasteiger partial charge in [-0.3, -0.25) is 4.79 Å². The van der Waals surface area contributed by atoms with Crippen LogP contribution in [-0.4, -0.2) is 42.0 Å². The van der Waals surface area contributed by atoms with Gasteiger partial charge < -0.3 is 14.7 Å². The van der Waals surface area contributed by atoms with Crippen LogP contribution in [0.2, 0.25) is 0 Å². The highest BCUT2D eigenvalue weighted by molar-refractivity contribution is 6.18. The number of hydrogen-bond donors (Lipinski definition) is 1. The number of rotatable bonds is 3. The van der Waals surface area contributed by atoms with E-state index in [1.165, 1.54) is 13.2 Å². The van der Waals surface area contributed by atoms with E-state index >= 15 is 0 Å². The van der Waals surface area contributed by atoms with Crippen molar-refractivity contribution in [1.82, 2.24) is 4.90 Å². The van der Waals surface area contributed by atoms with Gasteiger partial charge in [0.25, 0.3) is 5.91 Å². The summed E-state index contributed by atoms with van der Waals surface area (Å²) in [5.74, 6) is 1.51. The molecule has 0 saturated carbocycles. The third-order valence-corrected chi connectivity index (χ3v) is 3.99. The highest BCUT2D eigenvalue weighted by Gasteiger charge is 2.24. The van der Waals surface area contributed by atoms with Crippen LogP contribution in [0, 0.1) is 5.92 Å². The van der Waals surface area contributed by atoms with Gasteiger partial charge in [0, 0.05) is 25.0 Å². The molecule has 1 fully saturated rings. The highest BCUT2D eigenvalue weighted by atomic mass is 35.5. The molecule has 19 heavy (non-hydrogen) atoms. The number of hydrogen-bond acceptors (Lipinski definition) is 3. The molecule has 0 aliphatic carbocycles. The first-order chi connectivity index (χ1) is 9.15. The van der Waals surface area contributed by atoms with Crippen LogP contribution in [0.25, 0.3) is 0 Å². The molecule has 0 aromatic heterocycles. The second-order valence-corrected chi connectivity index (χ2v) is 5.08. The van der Waals surface area contributed by atoms with E-state index in [4.69, 9.17) is 16.3 Å². The summed E-state index contributed by atoms with van der Waals surface area (Å²) in [6, 6.07) is 4.74. The Kier molecular flexibility index (Phi) is 4.53. The molecule has 4 nitrogen and oxygen atoms in total. The number of piperidine rings is 1. The summed E-state index contributed by atoms with van der Waals surface area (Å²) in [6.45, 7) is 1.39. The molecule has 1 aliphatic rings. The van der Waals surface area contributed by atoms with Crippen LogP contribution in [0.5, 0.6) is 11.5 Å². The van der Waals surface area contributed by atoms with E-state index in [9.17, 15) is 9.90 Å². The molecule has 1 aromatic rings. The van der Waals surface area contributed by atoms with Gasteiger partial charge in [0.1, 0.15) is 11.5 Å². The summed E-state index contributed by atoms with van der Waals surface area (Å²) in [7, 11) is 1.52. The number of carbonyl (C=O) groups is 1. The Morgan fingerprint density at radius 1 is 1.47 bits per heavy atom. The maximum absolute atomic E-state index is 12.3. The van der Waals surface area contributed by atoms with Gasteiger partial charge >= 0.3 is 0 Å². The number of ether oxygens (including phenoxy) is 1. The van der Waals surface area contributed by atoms with E-state index in [-0.39, 0.29) is 11.7 Å². The molecule has 1 N–H and O–H groups in total. The molecule has 1 aromatic carbocycles. The van der Waals surface area contributed by atoms with Crippen molar-refractivity contribution in [3.8, 4) is 11.5 Å². The van der Waals surface area contributed by atoms with Gasteiger partial charge in [-0.15, -0.1) is 11.6 Å². The van der Waals surface area contributed by atoms with E-state index in [1.807, 2.05) is 0 Å². The number of aromatic hydroxyl groups is 1. The third-order valence-electron chi connectivity index (χ3n) is 3.56. The minimum Gasteiger partial charge on any atom is -0.507 e. The van der Waals surface area contributed by atoms with Crippen LogP contribution in [0.1, 0.15) is 23.2 Å². The third kappa shape index (κ3) is 3.13. The first kappa shape index (κ1) is 14.0. The fourth-order valence-corrected chi connectivity index (χ4v) is 2.59. The number of methoxy groups -OCH3 is 1. The Hall–Kier alpha value is -1.42. The van der Waals surface area contributed by atoms with E-state index in [0.717, 1.165) is 12.8 Å². The normalized spacial score (nSPS) is 16.4. The van der Waals surface area contributed by atoms with Gasteiger partial charge in [0.15, 0.2) is 0 Å². The van der Waals surface area contributed by atoms with Crippen molar-refractivity contribution in [3.63, 3.8) is 0 Å². The molecule has 0 radical (unpaired) electrons. The lowest BCUT2D eigenvalue weighted by atomic mass is 9.98. The molecule has 5 heteroatoms. The smallest absolute Gasteiger partial charge is 0.257 e.